The number of carboxylic acid groups (broad SMARTS) is 1. The number of anilines is 2. The number of carbonyl (C=O) groups is 1. The van der Waals surface area contributed by atoms with E-state index in [4.69, 9.17) is 5.11 Å². The SMILES string of the molecule is CC(C(=O)O)S(=O)(=O)Nc1cccnc1N1CCCC1. The van der Waals surface area contributed by atoms with Crippen molar-refractivity contribution in [2.45, 2.75) is 25.0 Å². The van der Waals surface area contributed by atoms with Crippen molar-refractivity contribution >= 4 is 27.5 Å². The number of nitrogens with zero attached hydrogens (tertiary/aromatic N) is 2. The Bertz CT molecular complexity index is 596. The quantitative estimate of drug-likeness (QED) is 0.838. The van der Waals surface area contributed by atoms with Gasteiger partial charge in [-0.3, -0.25) is 9.52 Å². The molecule has 0 aromatic carbocycles. The van der Waals surface area contributed by atoms with Crippen LogP contribution in [0, 0.1) is 0 Å². The normalized spacial score (nSPS) is 16.9. The highest BCUT2D eigenvalue weighted by Gasteiger charge is 2.29. The van der Waals surface area contributed by atoms with Crippen LogP contribution in [0.2, 0.25) is 0 Å². The molecule has 0 spiro atoms. The van der Waals surface area contributed by atoms with E-state index in [1.807, 2.05) is 4.90 Å². The maximum atomic E-state index is 12.0. The van der Waals surface area contributed by atoms with Gasteiger partial charge in [0, 0.05) is 19.3 Å². The minimum Gasteiger partial charge on any atom is -0.480 e. The van der Waals surface area contributed by atoms with Crippen LogP contribution in [0.15, 0.2) is 18.3 Å². The van der Waals surface area contributed by atoms with Crippen molar-refractivity contribution in [2.75, 3.05) is 22.7 Å². The van der Waals surface area contributed by atoms with Gasteiger partial charge < -0.3 is 10.0 Å². The fraction of sp³-hybridized carbons (Fsp3) is 0.500. The van der Waals surface area contributed by atoms with Crippen LogP contribution >= 0.6 is 0 Å². The second-order valence-electron chi connectivity index (χ2n) is 4.70. The van der Waals surface area contributed by atoms with Crippen LogP contribution in [-0.2, 0) is 14.8 Å². The van der Waals surface area contributed by atoms with Gasteiger partial charge in [-0.25, -0.2) is 13.4 Å². The van der Waals surface area contributed by atoms with Crippen LogP contribution in [0.5, 0.6) is 0 Å². The summed E-state index contributed by atoms with van der Waals surface area (Å²) in [6.07, 6.45) is 3.66. The van der Waals surface area contributed by atoms with E-state index >= 15 is 0 Å². The molecule has 1 saturated heterocycles. The fourth-order valence-electron chi connectivity index (χ4n) is 2.03. The van der Waals surface area contributed by atoms with Crippen molar-refractivity contribution < 1.29 is 18.3 Å². The predicted molar refractivity (Wildman–Crippen MR) is 75.3 cm³/mol. The first-order valence-corrected chi connectivity index (χ1v) is 7.91. The number of hydrogen-bond donors (Lipinski definition) is 2. The summed E-state index contributed by atoms with van der Waals surface area (Å²) < 4.78 is 26.3. The molecule has 8 heteroatoms. The Morgan fingerprint density at radius 2 is 2.10 bits per heavy atom. The first-order chi connectivity index (χ1) is 9.42. The summed E-state index contributed by atoms with van der Waals surface area (Å²) in [7, 11) is -3.98. The average Bonchev–Trinajstić information content (AvgIpc) is 2.91. The van der Waals surface area contributed by atoms with Gasteiger partial charge in [-0.2, -0.15) is 0 Å². The molecular weight excluding hydrogens is 282 g/mol. The maximum Gasteiger partial charge on any atom is 0.323 e. The lowest BCUT2D eigenvalue weighted by molar-refractivity contribution is -0.136. The number of rotatable bonds is 5. The molecule has 20 heavy (non-hydrogen) atoms. The molecule has 0 saturated carbocycles. The summed E-state index contributed by atoms with van der Waals surface area (Å²) in [5.74, 6) is -0.838. The molecule has 1 fully saturated rings. The van der Waals surface area contributed by atoms with Crippen LogP contribution in [0.25, 0.3) is 0 Å². The number of aliphatic carboxylic acids is 1. The van der Waals surface area contributed by atoms with Crippen LogP contribution in [0.1, 0.15) is 19.8 Å². The Kier molecular flexibility index (Phi) is 4.12. The van der Waals surface area contributed by atoms with Gasteiger partial charge in [0.05, 0.1) is 5.69 Å². The van der Waals surface area contributed by atoms with Crippen molar-refractivity contribution in [3.63, 3.8) is 0 Å². The molecule has 1 aromatic rings. The van der Waals surface area contributed by atoms with E-state index in [0.29, 0.717) is 11.5 Å². The van der Waals surface area contributed by atoms with E-state index < -0.39 is 21.2 Å². The van der Waals surface area contributed by atoms with Crippen molar-refractivity contribution in [1.82, 2.24) is 4.98 Å². The Balaban J connectivity index is 2.27. The van der Waals surface area contributed by atoms with Crippen molar-refractivity contribution in [3.05, 3.63) is 18.3 Å². The topological polar surface area (TPSA) is 99.6 Å². The average molecular weight is 299 g/mol. The summed E-state index contributed by atoms with van der Waals surface area (Å²) in [5, 5.41) is 7.31. The fourth-order valence-corrected chi connectivity index (χ4v) is 2.94. The number of pyridine rings is 1. The Morgan fingerprint density at radius 1 is 1.45 bits per heavy atom. The van der Waals surface area contributed by atoms with Gasteiger partial charge in [-0.1, -0.05) is 0 Å². The van der Waals surface area contributed by atoms with Crippen LogP contribution in [-0.4, -0.2) is 42.8 Å². The van der Waals surface area contributed by atoms with E-state index in [2.05, 4.69) is 9.71 Å². The Hall–Kier alpha value is -1.83. The van der Waals surface area contributed by atoms with Gasteiger partial charge in [-0.05, 0) is 31.9 Å². The van der Waals surface area contributed by atoms with Crippen molar-refractivity contribution in [2.24, 2.45) is 0 Å². The van der Waals surface area contributed by atoms with E-state index in [-0.39, 0.29) is 0 Å². The summed E-state index contributed by atoms with van der Waals surface area (Å²) in [5.41, 5.74) is 0.322. The van der Waals surface area contributed by atoms with Crippen molar-refractivity contribution in [1.29, 1.82) is 0 Å². The molecule has 2 rings (SSSR count). The Labute approximate surface area is 117 Å². The minimum absolute atomic E-state index is 0.322. The zero-order valence-electron chi connectivity index (χ0n) is 11.1. The van der Waals surface area contributed by atoms with Gasteiger partial charge in [0.1, 0.15) is 0 Å². The third-order valence-corrected chi connectivity index (χ3v) is 4.89. The van der Waals surface area contributed by atoms with E-state index in [1.165, 1.54) is 0 Å². The summed E-state index contributed by atoms with van der Waals surface area (Å²) in [6, 6.07) is 3.20. The van der Waals surface area contributed by atoms with Crippen LogP contribution in [0.4, 0.5) is 11.5 Å². The molecule has 110 valence electrons. The lowest BCUT2D eigenvalue weighted by Crippen LogP contribution is -2.33. The van der Waals surface area contributed by atoms with Gasteiger partial charge in [0.25, 0.3) is 0 Å². The number of nitrogens with one attached hydrogen (secondary N) is 1. The largest absolute Gasteiger partial charge is 0.480 e. The van der Waals surface area contributed by atoms with Gasteiger partial charge in [-0.15, -0.1) is 0 Å². The van der Waals surface area contributed by atoms with Gasteiger partial charge in [0.15, 0.2) is 11.1 Å². The van der Waals surface area contributed by atoms with Gasteiger partial charge >= 0.3 is 5.97 Å². The maximum absolute atomic E-state index is 12.0. The van der Waals surface area contributed by atoms with E-state index in [0.717, 1.165) is 32.9 Å². The highest BCUT2D eigenvalue weighted by Crippen LogP contribution is 2.27. The molecular formula is C12H17N3O4S. The lowest BCUT2D eigenvalue weighted by atomic mass is 10.4. The van der Waals surface area contributed by atoms with Crippen LogP contribution < -0.4 is 9.62 Å². The zero-order chi connectivity index (χ0) is 14.8. The second-order valence-corrected chi connectivity index (χ2v) is 6.70. The molecule has 1 unspecified atom stereocenters. The molecule has 2 N–H and O–H groups in total. The summed E-state index contributed by atoms with van der Waals surface area (Å²) in [4.78, 5) is 17.0. The predicted octanol–water partition coefficient (Wildman–Crippen LogP) is 0.897. The molecule has 0 aliphatic carbocycles. The zero-order valence-corrected chi connectivity index (χ0v) is 11.9. The molecule has 0 radical (unpaired) electrons. The lowest BCUT2D eigenvalue weighted by Gasteiger charge is -2.21. The Morgan fingerprint density at radius 3 is 2.70 bits per heavy atom. The molecule has 1 atom stereocenters. The monoisotopic (exact) mass is 299 g/mol. The number of sulfonamides is 1. The standard InChI is InChI=1S/C12H17N3O4S/c1-9(12(16)17)20(18,19)14-10-5-4-6-13-11(10)15-7-2-3-8-15/h4-6,9,14H,2-3,7-8H2,1H3,(H,16,17). The molecule has 2 heterocycles. The van der Waals surface area contributed by atoms with Crippen molar-refractivity contribution in [3.8, 4) is 0 Å². The first kappa shape index (κ1) is 14.6. The highest BCUT2D eigenvalue weighted by molar-refractivity contribution is 7.94. The van der Waals surface area contributed by atoms with E-state index in [9.17, 15) is 13.2 Å². The second kappa shape index (κ2) is 5.66. The summed E-state index contributed by atoms with van der Waals surface area (Å²) in [6.45, 7) is 2.77. The molecule has 0 bridgehead atoms. The molecule has 0 amide bonds. The number of aromatic nitrogens is 1. The van der Waals surface area contributed by atoms with Gasteiger partial charge in [0.2, 0.25) is 10.0 Å². The first-order valence-electron chi connectivity index (χ1n) is 6.36. The summed E-state index contributed by atoms with van der Waals surface area (Å²) >= 11 is 0. The highest BCUT2D eigenvalue weighted by atomic mass is 32.2. The van der Waals surface area contributed by atoms with Crippen LogP contribution in [0.3, 0.4) is 0 Å². The molecule has 1 aromatic heterocycles. The smallest absolute Gasteiger partial charge is 0.323 e. The minimum atomic E-state index is -3.98. The number of carboxylic acids is 1. The third kappa shape index (κ3) is 3.01. The third-order valence-electron chi connectivity index (χ3n) is 3.26. The number of hydrogen-bond acceptors (Lipinski definition) is 5. The molecule has 7 nitrogen and oxygen atoms in total. The van der Waals surface area contributed by atoms with E-state index in [1.54, 1.807) is 18.3 Å². The molecule has 1 aliphatic heterocycles. The molecule has 1 aliphatic rings.